The molecule has 1 saturated heterocycles. The summed E-state index contributed by atoms with van der Waals surface area (Å²) in [4.78, 5) is 3.77. The van der Waals surface area contributed by atoms with Crippen molar-refractivity contribution in [2.45, 2.75) is 31.3 Å². The van der Waals surface area contributed by atoms with Crippen molar-refractivity contribution in [1.29, 1.82) is 5.26 Å². The minimum absolute atomic E-state index is 0.446. The lowest BCUT2D eigenvalue weighted by atomic mass is 9.98. The van der Waals surface area contributed by atoms with Gasteiger partial charge in [0.25, 0.3) is 0 Å². The Bertz CT molecular complexity index is 457. The molecule has 0 spiro atoms. The van der Waals surface area contributed by atoms with Crippen LogP contribution in [0.4, 0.5) is 5.00 Å². The SMILES string of the molecule is CN1C2CCC1c1c(sc(N)c1C#N)C2. The predicted molar refractivity (Wildman–Crippen MR) is 60.7 cm³/mol. The van der Waals surface area contributed by atoms with E-state index in [0.717, 1.165) is 12.0 Å². The van der Waals surface area contributed by atoms with Crippen LogP contribution < -0.4 is 5.73 Å². The Morgan fingerprint density at radius 2 is 2.33 bits per heavy atom. The molecule has 0 amide bonds. The molecule has 2 N–H and O–H groups in total. The number of thiophene rings is 1. The molecule has 3 heterocycles. The molecule has 4 heteroatoms. The zero-order valence-corrected chi connectivity index (χ0v) is 9.47. The Balaban J connectivity index is 2.20. The fourth-order valence-corrected chi connectivity index (χ4v) is 4.10. The summed E-state index contributed by atoms with van der Waals surface area (Å²) in [5.74, 6) is 0. The van der Waals surface area contributed by atoms with Crippen molar-refractivity contribution in [3.05, 3.63) is 16.0 Å². The van der Waals surface area contributed by atoms with E-state index in [1.807, 2.05) is 0 Å². The summed E-state index contributed by atoms with van der Waals surface area (Å²) in [6.45, 7) is 0. The molecular formula is C11H13N3S. The van der Waals surface area contributed by atoms with Crippen LogP contribution in [0.1, 0.15) is 34.9 Å². The first-order valence-corrected chi connectivity index (χ1v) is 6.07. The first-order chi connectivity index (χ1) is 7.22. The van der Waals surface area contributed by atoms with Gasteiger partial charge in [-0.25, -0.2) is 0 Å². The van der Waals surface area contributed by atoms with Crippen LogP contribution in [0.3, 0.4) is 0 Å². The van der Waals surface area contributed by atoms with Crippen LogP contribution in [0.2, 0.25) is 0 Å². The quantitative estimate of drug-likeness (QED) is 0.725. The minimum Gasteiger partial charge on any atom is -0.389 e. The van der Waals surface area contributed by atoms with E-state index in [1.54, 1.807) is 11.3 Å². The first kappa shape index (κ1) is 9.20. The summed E-state index contributed by atoms with van der Waals surface area (Å²) in [7, 11) is 2.17. The van der Waals surface area contributed by atoms with Crippen molar-refractivity contribution >= 4 is 16.3 Å². The van der Waals surface area contributed by atoms with E-state index in [1.165, 1.54) is 23.3 Å². The highest BCUT2D eigenvalue weighted by molar-refractivity contribution is 7.16. The van der Waals surface area contributed by atoms with E-state index in [9.17, 15) is 0 Å². The molecule has 1 fully saturated rings. The number of nitrogens with zero attached hydrogens (tertiary/aromatic N) is 2. The third-order valence-electron chi connectivity index (χ3n) is 3.76. The van der Waals surface area contributed by atoms with Crippen LogP contribution in [-0.2, 0) is 6.42 Å². The molecule has 2 aliphatic heterocycles. The molecule has 0 aromatic carbocycles. The van der Waals surface area contributed by atoms with Gasteiger partial charge in [0.2, 0.25) is 0 Å². The fourth-order valence-electron chi connectivity index (χ4n) is 2.95. The van der Waals surface area contributed by atoms with Crippen molar-refractivity contribution in [3.8, 4) is 6.07 Å². The predicted octanol–water partition coefficient (Wildman–Crippen LogP) is 1.89. The van der Waals surface area contributed by atoms with E-state index in [2.05, 4.69) is 18.0 Å². The van der Waals surface area contributed by atoms with E-state index in [-0.39, 0.29) is 0 Å². The molecule has 0 aliphatic carbocycles. The largest absolute Gasteiger partial charge is 0.389 e. The molecule has 3 rings (SSSR count). The second-order valence-electron chi connectivity index (χ2n) is 4.41. The number of nitrogens with two attached hydrogens (primary N) is 1. The van der Waals surface area contributed by atoms with Crippen molar-refractivity contribution in [2.75, 3.05) is 12.8 Å². The normalized spacial score (nSPS) is 28.8. The Kier molecular flexibility index (Phi) is 1.82. The maximum absolute atomic E-state index is 9.13. The third-order valence-corrected chi connectivity index (χ3v) is 4.81. The molecule has 78 valence electrons. The van der Waals surface area contributed by atoms with Gasteiger partial charge in [0.1, 0.15) is 11.1 Å². The molecule has 2 bridgehead atoms. The van der Waals surface area contributed by atoms with Gasteiger partial charge in [-0.2, -0.15) is 5.26 Å². The van der Waals surface area contributed by atoms with Crippen LogP contribution in [-0.4, -0.2) is 18.0 Å². The zero-order chi connectivity index (χ0) is 10.6. The van der Waals surface area contributed by atoms with Gasteiger partial charge in [-0.3, -0.25) is 4.90 Å². The zero-order valence-electron chi connectivity index (χ0n) is 8.66. The highest BCUT2D eigenvalue weighted by atomic mass is 32.1. The molecule has 1 aromatic heterocycles. The van der Waals surface area contributed by atoms with Crippen LogP contribution in [0.15, 0.2) is 0 Å². The summed E-state index contributed by atoms with van der Waals surface area (Å²) in [6, 6.07) is 3.38. The number of nitrogen functional groups attached to an aromatic ring is 1. The average molecular weight is 219 g/mol. The number of hydrogen-bond donors (Lipinski definition) is 1. The van der Waals surface area contributed by atoms with Gasteiger partial charge in [-0.15, -0.1) is 11.3 Å². The molecule has 0 saturated carbocycles. The van der Waals surface area contributed by atoms with Gasteiger partial charge in [0.05, 0.1) is 5.56 Å². The van der Waals surface area contributed by atoms with E-state index in [0.29, 0.717) is 17.1 Å². The van der Waals surface area contributed by atoms with Gasteiger partial charge >= 0.3 is 0 Å². The van der Waals surface area contributed by atoms with Gasteiger partial charge in [0, 0.05) is 22.5 Å². The second kappa shape index (κ2) is 2.97. The van der Waals surface area contributed by atoms with Gasteiger partial charge in [-0.05, 0) is 26.3 Å². The summed E-state index contributed by atoms with van der Waals surface area (Å²) < 4.78 is 0. The summed E-state index contributed by atoms with van der Waals surface area (Å²) >= 11 is 1.62. The Morgan fingerprint density at radius 3 is 3.07 bits per heavy atom. The molecule has 2 atom stereocenters. The van der Waals surface area contributed by atoms with E-state index < -0.39 is 0 Å². The summed E-state index contributed by atoms with van der Waals surface area (Å²) in [5, 5.41) is 9.85. The number of nitriles is 1. The smallest absolute Gasteiger partial charge is 0.104 e. The number of fused-ring (bicyclic) bond motifs is 4. The maximum Gasteiger partial charge on any atom is 0.104 e. The molecule has 1 aromatic rings. The standard InChI is InChI=1S/C11H13N3S/c1-14-6-2-3-8(14)10-7(5-12)11(13)15-9(10)4-6/h6,8H,2-4,13H2,1H3. The molecule has 2 aliphatic rings. The van der Waals surface area contributed by atoms with Crippen LogP contribution in [0, 0.1) is 11.3 Å². The van der Waals surface area contributed by atoms with Crippen molar-refractivity contribution in [2.24, 2.45) is 0 Å². The first-order valence-electron chi connectivity index (χ1n) is 5.25. The Labute approximate surface area is 93.1 Å². The fraction of sp³-hybridized carbons (Fsp3) is 0.545. The topological polar surface area (TPSA) is 53.0 Å². The molecule has 3 nitrogen and oxygen atoms in total. The monoisotopic (exact) mass is 219 g/mol. The number of hydrogen-bond acceptors (Lipinski definition) is 4. The Morgan fingerprint density at radius 1 is 1.53 bits per heavy atom. The van der Waals surface area contributed by atoms with Crippen LogP contribution >= 0.6 is 11.3 Å². The lowest BCUT2D eigenvalue weighted by Gasteiger charge is -2.31. The molecule has 2 unspecified atom stereocenters. The molecular weight excluding hydrogens is 206 g/mol. The van der Waals surface area contributed by atoms with E-state index >= 15 is 0 Å². The van der Waals surface area contributed by atoms with Crippen LogP contribution in [0.5, 0.6) is 0 Å². The highest BCUT2D eigenvalue weighted by Crippen LogP contribution is 2.48. The minimum atomic E-state index is 0.446. The lowest BCUT2D eigenvalue weighted by Crippen LogP contribution is -2.33. The van der Waals surface area contributed by atoms with E-state index in [4.69, 9.17) is 11.0 Å². The van der Waals surface area contributed by atoms with Gasteiger partial charge < -0.3 is 5.73 Å². The second-order valence-corrected chi connectivity index (χ2v) is 5.54. The van der Waals surface area contributed by atoms with Gasteiger partial charge in [-0.1, -0.05) is 0 Å². The number of anilines is 1. The van der Waals surface area contributed by atoms with Crippen molar-refractivity contribution in [1.82, 2.24) is 4.90 Å². The lowest BCUT2D eigenvalue weighted by molar-refractivity contribution is 0.226. The highest BCUT2D eigenvalue weighted by Gasteiger charge is 2.40. The third kappa shape index (κ3) is 1.08. The molecule has 0 radical (unpaired) electrons. The number of likely N-dealkylation sites (N-methyl/N-ethyl adjacent to an activating group) is 1. The molecule has 15 heavy (non-hydrogen) atoms. The maximum atomic E-state index is 9.13. The summed E-state index contributed by atoms with van der Waals surface area (Å²) in [5.41, 5.74) is 7.86. The van der Waals surface area contributed by atoms with Crippen molar-refractivity contribution < 1.29 is 0 Å². The Hall–Kier alpha value is -1.05. The van der Waals surface area contributed by atoms with Gasteiger partial charge in [0.15, 0.2) is 0 Å². The average Bonchev–Trinajstić information content (AvgIpc) is 2.63. The number of rotatable bonds is 0. The van der Waals surface area contributed by atoms with Crippen LogP contribution in [0.25, 0.3) is 0 Å². The summed E-state index contributed by atoms with van der Waals surface area (Å²) in [6.07, 6.45) is 3.52. The van der Waals surface area contributed by atoms with Crippen molar-refractivity contribution in [3.63, 3.8) is 0 Å².